The zero-order valence-corrected chi connectivity index (χ0v) is 9.87. The second-order valence-electron chi connectivity index (χ2n) is 4.00. The van der Waals surface area contributed by atoms with E-state index in [9.17, 15) is 9.90 Å². The van der Waals surface area contributed by atoms with Gasteiger partial charge >= 0.3 is 0 Å². The van der Waals surface area contributed by atoms with Crippen LogP contribution in [-0.4, -0.2) is 21.0 Å². The molecule has 0 saturated carbocycles. The molecule has 1 aromatic carbocycles. The summed E-state index contributed by atoms with van der Waals surface area (Å²) < 4.78 is 1.65. The average molecular weight is 245 g/mol. The highest BCUT2D eigenvalue weighted by atomic mass is 16.3. The van der Waals surface area contributed by atoms with E-state index >= 15 is 0 Å². The van der Waals surface area contributed by atoms with E-state index in [0.717, 1.165) is 5.69 Å². The Balaban J connectivity index is 2.16. The molecule has 0 saturated heterocycles. The number of aromatic nitrogens is 2. The number of phenolic OH excluding ortho intramolecular Hbond substituents is 2. The molecule has 1 aromatic heterocycles. The molecule has 18 heavy (non-hydrogen) atoms. The van der Waals surface area contributed by atoms with Crippen molar-refractivity contribution < 1.29 is 19.6 Å². The van der Waals surface area contributed by atoms with Gasteiger partial charge < -0.3 is 10.2 Å². The van der Waals surface area contributed by atoms with Gasteiger partial charge in [-0.2, -0.15) is 0 Å². The van der Waals surface area contributed by atoms with Crippen molar-refractivity contribution in [2.45, 2.75) is 13.5 Å². The molecule has 0 bridgehead atoms. The third-order valence-electron chi connectivity index (χ3n) is 2.54. The molecule has 0 aliphatic rings. The first-order valence-electron chi connectivity index (χ1n) is 5.43. The molecule has 5 heteroatoms. The summed E-state index contributed by atoms with van der Waals surface area (Å²) in [5, 5.41) is 18.5. The van der Waals surface area contributed by atoms with E-state index in [0.29, 0.717) is 5.56 Å². The Hall–Kier alpha value is -2.43. The van der Waals surface area contributed by atoms with Crippen LogP contribution in [0, 0.1) is 6.92 Å². The molecule has 0 spiro atoms. The van der Waals surface area contributed by atoms with Crippen molar-refractivity contribution in [1.29, 1.82) is 0 Å². The largest absolute Gasteiger partial charge is 0.504 e. The van der Waals surface area contributed by atoms with Gasteiger partial charge in [0.05, 0.1) is 6.20 Å². The van der Waals surface area contributed by atoms with Crippen molar-refractivity contribution in [1.82, 2.24) is 4.98 Å². The zero-order chi connectivity index (χ0) is 13.1. The van der Waals surface area contributed by atoms with Crippen LogP contribution in [0.3, 0.4) is 0 Å². The molecule has 2 aromatic rings. The maximum atomic E-state index is 11.9. The fourth-order valence-corrected chi connectivity index (χ4v) is 1.50. The number of aromatic hydroxyl groups is 2. The molecule has 92 valence electrons. The summed E-state index contributed by atoms with van der Waals surface area (Å²) in [6, 6.07) is 5.82. The van der Waals surface area contributed by atoms with Gasteiger partial charge in [0.25, 0.3) is 6.33 Å². The van der Waals surface area contributed by atoms with E-state index in [4.69, 9.17) is 5.11 Å². The smallest absolute Gasteiger partial charge is 0.286 e. The monoisotopic (exact) mass is 245 g/mol. The minimum absolute atomic E-state index is 0.136. The molecule has 0 radical (unpaired) electrons. The summed E-state index contributed by atoms with van der Waals surface area (Å²) in [5.41, 5.74) is 1.22. The summed E-state index contributed by atoms with van der Waals surface area (Å²) in [6.07, 6.45) is 3.34. The standard InChI is InChI=1S/C13H12N2O3/c1-9-4-5-15(8-14-9)7-13(18)10-2-3-11(16)12(17)6-10/h2-6,8H,7H2,1H3,(H-,16,17,18)/p+1. The van der Waals surface area contributed by atoms with Crippen molar-refractivity contribution in [2.24, 2.45) is 0 Å². The van der Waals surface area contributed by atoms with E-state index < -0.39 is 0 Å². The highest BCUT2D eigenvalue weighted by Crippen LogP contribution is 2.24. The van der Waals surface area contributed by atoms with Crippen molar-refractivity contribution in [2.75, 3.05) is 0 Å². The highest BCUT2D eigenvalue weighted by Gasteiger charge is 2.12. The van der Waals surface area contributed by atoms with Gasteiger partial charge in [0.15, 0.2) is 23.7 Å². The predicted molar refractivity (Wildman–Crippen MR) is 63.3 cm³/mol. The lowest BCUT2D eigenvalue weighted by Crippen LogP contribution is -2.37. The molecule has 1 heterocycles. The summed E-state index contributed by atoms with van der Waals surface area (Å²) in [5.74, 6) is -0.704. The number of carbonyl (C=O) groups excluding carboxylic acids is 1. The number of Topliss-reactive ketones (excluding diaryl/α,β-unsaturated/α-hetero) is 1. The Labute approximate surface area is 104 Å². The second kappa shape index (κ2) is 4.83. The molecule has 0 unspecified atom stereocenters. The number of nitrogens with zero attached hydrogens (tertiary/aromatic N) is 2. The summed E-state index contributed by atoms with van der Waals surface area (Å²) in [4.78, 5) is 16.0. The minimum atomic E-state index is -0.298. The fourth-order valence-electron chi connectivity index (χ4n) is 1.50. The van der Waals surface area contributed by atoms with Crippen molar-refractivity contribution >= 4 is 5.78 Å². The minimum Gasteiger partial charge on any atom is -0.504 e. The van der Waals surface area contributed by atoms with E-state index in [1.807, 2.05) is 13.0 Å². The van der Waals surface area contributed by atoms with Gasteiger partial charge in [0, 0.05) is 18.6 Å². The van der Waals surface area contributed by atoms with Crippen LogP contribution in [-0.2, 0) is 6.54 Å². The summed E-state index contributed by atoms with van der Waals surface area (Å²) in [7, 11) is 0. The maximum absolute atomic E-state index is 11.9. The SMILES string of the molecule is Cc1cc[n+](CC(=O)c2ccc(O)c(O)c2)cn1. The molecule has 0 aliphatic heterocycles. The third kappa shape index (κ3) is 2.63. The zero-order valence-electron chi connectivity index (χ0n) is 9.87. The fraction of sp³-hybridized carbons (Fsp3) is 0.154. The van der Waals surface area contributed by atoms with Gasteiger partial charge in [-0.25, -0.2) is 4.57 Å². The Bertz CT molecular complexity index is 579. The van der Waals surface area contributed by atoms with Crippen LogP contribution < -0.4 is 4.57 Å². The summed E-state index contributed by atoms with van der Waals surface area (Å²) in [6.45, 7) is 2.00. The topological polar surface area (TPSA) is 74.3 Å². The van der Waals surface area contributed by atoms with Gasteiger partial charge in [0.1, 0.15) is 0 Å². The van der Waals surface area contributed by atoms with Crippen LogP contribution in [0.5, 0.6) is 11.5 Å². The molecule has 2 rings (SSSR count). The third-order valence-corrected chi connectivity index (χ3v) is 2.54. The van der Waals surface area contributed by atoms with Crippen molar-refractivity contribution in [3.8, 4) is 11.5 Å². The maximum Gasteiger partial charge on any atom is 0.286 e. The first-order chi connectivity index (χ1) is 8.56. The highest BCUT2D eigenvalue weighted by molar-refractivity contribution is 5.95. The van der Waals surface area contributed by atoms with Gasteiger partial charge in [-0.1, -0.05) is 4.98 Å². The first-order valence-corrected chi connectivity index (χ1v) is 5.43. The number of benzene rings is 1. The number of phenols is 2. The lowest BCUT2D eigenvalue weighted by molar-refractivity contribution is -0.686. The number of hydrogen-bond donors (Lipinski definition) is 2. The molecule has 5 nitrogen and oxygen atoms in total. The van der Waals surface area contributed by atoms with Crippen LogP contribution in [0.2, 0.25) is 0 Å². The van der Waals surface area contributed by atoms with Crippen LogP contribution in [0.15, 0.2) is 36.8 Å². The van der Waals surface area contributed by atoms with Gasteiger partial charge in [-0.15, -0.1) is 0 Å². The average Bonchev–Trinajstić information content (AvgIpc) is 2.35. The number of ketones is 1. The van der Waals surface area contributed by atoms with E-state index in [1.165, 1.54) is 18.2 Å². The molecular weight excluding hydrogens is 232 g/mol. The van der Waals surface area contributed by atoms with Crippen molar-refractivity contribution in [3.05, 3.63) is 48.0 Å². The van der Waals surface area contributed by atoms with E-state index in [-0.39, 0.29) is 23.8 Å². The van der Waals surface area contributed by atoms with Crippen LogP contribution in [0.25, 0.3) is 0 Å². The van der Waals surface area contributed by atoms with E-state index in [1.54, 1.807) is 17.1 Å². The van der Waals surface area contributed by atoms with Gasteiger partial charge in [-0.3, -0.25) is 4.79 Å². The molecule has 2 N–H and O–H groups in total. The second-order valence-corrected chi connectivity index (χ2v) is 4.00. The Morgan fingerprint density at radius 1 is 1.28 bits per heavy atom. The van der Waals surface area contributed by atoms with Crippen LogP contribution >= 0.6 is 0 Å². The van der Waals surface area contributed by atoms with Gasteiger partial charge in [-0.05, 0) is 18.2 Å². The number of carbonyl (C=O) groups is 1. The molecule has 0 fully saturated rings. The van der Waals surface area contributed by atoms with Crippen LogP contribution in [0.1, 0.15) is 16.1 Å². The number of aryl methyl sites for hydroxylation is 1. The Kier molecular flexibility index (Phi) is 3.23. The van der Waals surface area contributed by atoms with Crippen LogP contribution in [0.4, 0.5) is 0 Å². The van der Waals surface area contributed by atoms with E-state index in [2.05, 4.69) is 4.98 Å². The molecule has 0 amide bonds. The first kappa shape index (κ1) is 12.0. The summed E-state index contributed by atoms with van der Waals surface area (Å²) >= 11 is 0. The normalized spacial score (nSPS) is 10.3. The van der Waals surface area contributed by atoms with Gasteiger partial charge in [0.2, 0.25) is 5.78 Å². The number of rotatable bonds is 3. The quantitative estimate of drug-likeness (QED) is 0.480. The van der Waals surface area contributed by atoms with Crippen molar-refractivity contribution in [3.63, 3.8) is 0 Å². The predicted octanol–water partition coefficient (Wildman–Crippen LogP) is 0.972. The molecule has 0 aliphatic carbocycles. The lowest BCUT2D eigenvalue weighted by Gasteiger charge is -2.02. The lowest BCUT2D eigenvalue weighted by atomic mass is 10.1. The number of hydrogen-bond acceptors (Lipinski definition) is 4. The molecular formula is C13H13N2O3+. The Morgan fingerprint density at radius 3 is 2.67 bits per heavy atom. The Morgan fingerprint density at radius 2 is 2.06 bits per heavy atom. The molecule has 0 atom stereocenters.